The summed E-state index contributed by atoms with van der Waals surface area (Å²) in [5.41, 5.74) is 1.64. The van der Waals surface area contributed by atoms with Crippen molar-refractivity contribution in [2.45, 2.75) is 6.54 Å². The molecule has 0 aliphatic heterocycles. The van der Waals surface area contributed by atoms with Gasteiger partial charge in [0, 0.05) is 29.4 Å². The monoisotopic (exact) mass is 429 g/mol. The Labute approximate surface area is 183 Å². The Morgan fingerprint density at radius 1 is 1.12 bits per heavy atom. The van der Waals surface area contributed by atoms with Crippen LogP contribution >= 0.6 is 0 Å². The number of nitriles is 1. The van der Waals surface area contributed by atoms with E-state index in [1.54, 1.807) is 62.0 Å². The van der Waals surface area contributed by atoms with Gasteiger partial charge in [0.1, 0.15) is 29.9 Å². The Kier molecular flexibility index (Phi) is 5.85. The maximum Gasteiger partial charge on any atom is 0.246 e. The molecule has 1 N–H and O–H groups in total. The lowest BCUT2D eigenvalue weighted by atomic mass is 10.1. The summed E-state index contributed by atoms with van der Waals surface area (Å²) in [6.07, 6.45) is 4.74. The van der Waals surface area contributed by atoms with Crippen molar-refractivity contribution in [1.29, 1.82) is 5.26 Å². The van der Waals surface area contributed by atoms with Crippen LogP contribution in [0, 0.1) is 11.3 Å². The van der Waals surface area contributed by atoms with E-state index in [1.807, 2.05) is 0 Å². The number of ether oxygens (including phenoxy) is 3. The van der Waals surface area contributed by atoms with Crippen LogP contribution in [0.15, 0.2) is 61.1 Å². The maximum absolute atomic E-state index is 12.4. The fourth-order valence-electron chi connectivity index (χ4n) is 3.15. The molecular weight excluding hydrogens is 410 g/mol. The fourth-order valence-corrected chi connectivity index (χ4v) is 3.15. The third-order valence-electron chi connectivity index (χ3n) is 4.64. The number of carbonyl (C=O) groups excluding carboxylic acids is 1. The molecule has 0 radical (unpaired) electrons. The Balaban J connectivity index is 1.49. The van der Waals surface area contributed by atoms with E-state index in [-0.39, 0.29) is 12.5 Å². The van der Waals surface area contributed by atoms with Crippen LogP contribution in [-0.4, -0.2) is 34.9 Å². The van der Waals surface area contributed by atoms with Crippen LogP contribution in [0.4, 0.5) is 5.69 Å². The van der Waals surface area contributed by atoms with Gasteiger partial charge in [-0.2, -0.15) is 10.4 Å². The zero-order valence-corrected chi connectivity index (χ0v) is 17.4. The molecule has 160 valence electrons. The first-order chi connectivity index (χ1) is 15.6. The smallest absolute Gasteiger partial charge is 0.246 e. The van der Waals surface area contributed by atoms with Crippen LogP contribution < -0.4 is 19.5 Å². The number of anilines is 1. The van der Waals surface area contributed by atoms with Gasteiger partial charge < -0.3 is 19.5 Å². The summed E-state index contributed by atoms with van der Waals surface area (Å²) in [7, 11) is 3.07. The Bertz CT molecular complexity index is 1330. The van der Waals surface area contributed by atoms with Gasteiger partial charge in [-0.3, -0.25) is 14.5 Å². The first-order valence-corrected chi connectivity index (χ1v) is 9.60. The van der Waals surface area contributed by atoms with Crippen LogP contribution in [0.2, 0.25) is 0 Å². The summed E-state index contributed by atoms with van der Waals surface area (Å²) in [6, 6.07) is 14.3. The highest BCUT2D eigenvalue weighted by atomic mass is 16.5. The molecule has 4 aromatic rings. The van der Waals surface area contributed by atoms with Gasteiger partial charge in [0.15, 0.2) is 5.75 Å². The number of nitrogens with zero attached hydrogens (tertiary/aromatic N) is 4. The highest BCUT2D eigenvalue weighted by molar-refractivity contribution is 5.90. The van der Waals surface area contributed by atoms with Crippen molar-refractivity contribution >= 4 is 22.5 Å². The normalized spacial score (nSPS) is 10.4. The number of aromatic nitrogens is 3. The van der Waals surface area contributed by atoms with Crippen molar-refractivity contribution in [2.24, 2.45) is 0 Å². The predicted molar refractivity (Wildman–Crippen MR) is 117 cm³/mol. The largest absolute Gasteiger partial charge is 0.497 e. The lowest BCUT2D eigenvalue weighted by molar-refractivity contribution is -0.116. The van der Waals surface area contributed by atoms with Crippen molar-refractivity contribution in [3.05, 3.63) is 66.6 Å². The molecule has 0 fully saturated rings. The van der Waals surface area contributed by atoms with Crippen LogP contribution in [0.3, 0.4) is 0 Å². The van der Waals surface area contributed by atoms with E-state index in [2.05, 4.69) is 21.5 Å². The second-order valence-electron chi connectivity index (χ2n) is 6.75. The van der Waals surface area contributed by atoms with Crippen molar-refractivity contribution < 1.29 is 19.0 Å². The SMILES string of the molecule is COc1cccc(NC(=O)Cn2cc(Oc3ccnc4cc(OC)c(C#N)cc34)cn2)c1. The molecule has 2 aromatic carbocycles. The molecule has 4 rings (SSSR count). The molecule has 9 heteroatoms. The van der Waals surface area contributed by atoms with Crippen LogP contribution in [0.1, 0.15) is 5.56 Å². The summed E-state index contributed by atoms with van der Waals surface area (Å²) in [6.45, 7) is 0.00738. The minimum atomic E-state index is -0.243. The van der Waals surface area contributed by atoms with E-state index < -0.39 is 0 Å². The van der Waals surface area contributed by atoms with Crippen LogP contribution in [-0.2, 0) is 11.3 Å². The standard InChI is InChI=1S/C23H19N5O4/c1-30-17-5-3-4-16(9-17)27-23(29)14-28-13-18(12-26-28)32-21-6-7-25-20-10-22(31-2)15(11-24)8-19(20)21/h3-10,12-13H,14H2,1-2H3,(H,27,29). The molecule has 0 saturated carbocycles. The lowest BCUT2D eigenvalue weighted by Crippen LogP contribution is -2.18. The predicted octanol–water partition coefficient (Wildman–Crippen LogP) is 3.75. The van der Waals surface area contributed by atoms with Crippen molar-refractivity contribution in [1.82, 2.24) is 14.8 Å². The molecule has 1 amide bonds. The van der Waals surface area contributed by atoms with Gasteiger partial charge in [0.2, 0.25) is 5.91 Å². The number of hydrogen-bond acceptors (Lipinski definition) is 7. The number of methoxy groups -OCH3 is 2. The molecule has 0 bridgehead atoms. The van der Waals surface area contributed by atoms with E-state index in [0.717, 1.165) is 0 Å². The number of fused-ring (bicyclic) bond motifs is 1. The van der Waals surface area contributed by atoms with Gasteiger partial charge in [-0.15, -0.1) is 0 Å². The molecule has 0 spiro atoms. The maximum atomic E-state index is 12.4. The highest BCUT2D eigenvalue weighted by Crippen LogP contribution is 2.32. The number of hydrogen-bond donors (Lipinski definition) is 1. The lowest BCUT2D eigenvalue weighted by Gasteiger charge is -2.09. The van der Waals surface area contributed by atoms with Gasteiger partial charge in [-0.25, -0.2) is 0 Å². The van der Waals surface area contributed by atoms with E-state index in [0.29, 0.717) is 45.2 Å². The number of rotatable bonds is 7. The number of benzene rings is 2. The summed E-state index contributed by atoms with van der Waals surface area (Å²) >= 11 is 0. The molecule has 0 saturated heterocycles. The summed E-state index contributed by atoms with van der Waals surface area (Å²) in [5, 5.41) is 17.0. The molecular formula is C23H19N5O4. The highest BCUT2D eigenvalue weighted by Gasteiger charge is 2.12. The van der Waals surface area contributed by atoms with Gasteiger partial charge in [-0.1, -0.05) is 6.07 Å². The second-order valence-corrected chi connectivity index (χ2v) is 6.75. The van der Waals surface area contributed by atoms with Crippen LogP contribution in [0.5, 0.6) is 23.0 Å². The number of nitrogens with one attached hydrogen (secondary N) is 1. The first kappa shape index (κ1) is 20.7. The second kappa shape index (κ2) is 9.06. The van der Waals surface area contributed by atoms with Crippen molar-refractivity contribution in [2.75, 3.05) is 19.5 Å². The van der Waals surface area contributed by atoms with E-state index in [1.165, 1.54) is 18.0 Å². The summed E-state index contributed by atoms with van der Waals surface area (Å²) < 4.78 is 17.8. The minimum absolute atomic E-state index is 0.00738. The summed E-state index contributed by atoms with van der Waals surface area (Å²) in [4.78, 5) is 16.7. The molecule has 0 aliphatic carbocycles. The summed E-state index contributed by atoms with van der Waals surface area (Å²) in [5.74, 6) is 1.81. The topological polar surface area (TPSA) is 111 Å². The Morgan fingerprint density at radius 3 is 2.78 bits per heavy atom. The van der Waals surface area contributed by atoms with Crippen LogP contribution in [0.25, 0.3) is 10.9 Å². The molecule has 32 heavy (non-hydrogen) atoms. The minimum Gasteiger partial charge on any atom is -0.497 e. The molecule has 0 atom stereocenters. The Hall–Kier alpha value is -4.58. The van der Waals surface area contributed by atoms with E-state index in [9.17, 15) is 10.1 Å². The molecule has 2 aromatic heterocycles. The average molecular weight is 429 g/mol. The van der Waals surface area contributed by atoms with Gasteiger partial charge >= 0.3 is 0 Å². The number of pyridine rings is 1. The van der Waals surface area contributed by atoms with E-state index in [4.69, 9.17) is 14.2 Å². The molecule has 0 aliphatic rings. The van der Waals surface area contributed by atoms with Crippen molar-refractivity contribution in [3.8, 4) is 29.1 Å². The quantitative estimate of drug-likeness (QED) is 0.476. The fraction of sp³-hybridized carbons (Fsp3) is 0.130. The zero-order valence-electron chi connectivity index (χ0n) is 17.4. The first-order valence-electron chi connectivity index (χ1n) is 9.60. The van der Waals surface area contributed by atoms with Gasteiger partial charge in [0.25, 0.3) is 0 Å². The molecule has 0 unspecified atom stereocenters. The third-order valence-corrected chi connectivity index (χ3v) is 4.64. The van der Waals surface area contributed by atoms with Gasteiger partial charge in [-0.05, 0) is 24.3 Å². The van der Waals surface area contributed by atoms with E-state index >= 15 is 0 Å². The molecule has 9 nitrogen and oxygen atoms in total. The molecule has 2 heterocycles. The Morgan fingerprint density at radius 2 is 2.00 bits per heavy atom. The van der Waals surface area contributed by atoms with Gasteiger partial charge in [0.05, 0.1) is 37.7 Å². The number of carbonyl (C=O) groups is 1. The zero-order chi connectivity index (χ0) is 22.5. The van der Waals surface area contributed by atoms with Crippen molar-refractivity contribution in [3.63, 3.8) is 0 Å². The number of amides is 1. The third kappa shape index (κ3) is 4.44. The average Bonchev–Trinajstić information content (AvgIpc) is 3.24.